The van der Waals surface area contributed by atoms with Crippen molar-refractivity contribution in [2.24, 2.45) is 0 Å². The van der Waals surface area contributed by atoms with E-state index < -0.39 is 0 Å². The number of piperidine rings is 1. The Morgan fingerprint density at radius 3 is 2.30 bits per heavy atom. The molecule has 3 amide bonds. The lowest BCUT2D eigenvalue weighted by Crippen LogP contribution is -2.47. The minimum Gasteiger partial charge on any atom is -0.453 e. The number of hydrogen-bond acceptors (Lipinski definition) is 3. The van der Waals surface area contributed by atoms with Gasteiger partial charge >= 0.3 is 12.1 Å². The van der Waals surface area contributed by atoms with E-state index in [1.807, 2.05) is 26.0 Å². The van der Waals surface area contributed by atoms with Gasteiger partial charge in [0, 0.05) is 29.3 Å². The molecular weight excluding hydrogens is 362 g/mol. The van der Waals surface area contributed by atoms with Gasteiger partial charge in [0.2, 0.25) is 0 Å². The molecule has 1 heterocycles. The topological polar surface area (TPSA) is 70.7 Å². The van der Waals surface area contributed by atoms with E-state index in [-0.39, 0.29) is 18.2 Å². The van der Waals surface area contributed by atoms with Gasteiger partial charge in [-0.3, -0.25) is 0 Å². The van der Waals surface area contributed by atoms with Crippen LogP contribution in [0.3, 0.4) is 0 Å². The Kier molecular flexibility index (Phi) is 5.87. The third-order valence-electron chi connectivity index (χ3n) is 4.00. The van der Waals surface area contributed by atoms with Gasteiger partial charge in [0.25, 0.3) is 0 Å². The summed E-state index contributed by atoms with van der Waals surface area (Å²) in [6, 6.07) is 3.79. The molecule has 1 fully saturated rings. The molecule has 7 heteroatoms. The number of methoxy groups -OCH3 is 1. The number of halogens is 1. The van der Waals surface area contributed by atoms with E-state index in [1.54, 1.807) is 4.90 Å². The Labute approximate surface area is 144 Å². The van der Waals surface area contributed by atoms with Crippen molar-refractivity contribution in [1.82, 2.24) is 10.2 Å². The molecule has 2 N–H and O–H groups in total. The highest BCUT2D eigenvalue weighted by Crippen LogP contribution is 2.25. The van der Waals surface area contributed by atoms with Crippen molar-refractivity contribution in [3.05, 3.63) is 27.7 Å². The van der Waals surface area contributed by atoms with Crippen molar-refractivity contribution >= 4 is 33.7 Å². The van der Waals surface area contributed by atoms with Crippen LogP contribution in [-0.4, -0.2) is 43.3 Å². The minimum atomic E-state index is -0.311. The number of amides is 3. The number of benzene rings is 1. The molecule has 0 aliphatic carbocycles. The van der Waals surface area contributed by atoms with Crippen molar-refractivity contribution in [3.8, 4) is 0 Å². The highest BCUT2D eigenvalue weighted by atomic mass is 79.9. The standard InChI is InChI=1S/C16H22BrN3O3/c1-10-8-12(17)9-11(2)14(10)19-15(21)18-13-4-6-20(7-5-13)16(22)23-3/h8-9,13H,4-7H2,1-3H3,(H2,18,19,21). The molecule has 0 saturated carbocycles. The van der Waals surface area contributed by atoms with Crippen LogP contribution in [0, 0.1) is 13.8 Å². The number of anilines is 1. The molecule has 0 unspecified atom stereocenters. The number of nitrogens with zero attached hydrogens (tertiary/aromatic N) is 1. The summed E-state index contributed by atoms with van der Waals surface area (Å²) in [4.78, 5) is 25.3. The first-order valence-corrected chi connectivity index (χ1v) is 8.37. The number of likely N-dealkylation sites (tertiary alicyclic amines) is 1. The highest BCUT2D eigenvalue weighted by molar-refractivity contribution is 9.10. The number of ether oxygens (including phenoxy) is 1. The fourth-order valence-electron chi connectivity index (χ4n) is 2.78. The van der Waals surface area contributed by atoms with Crippen LogP contribution in [-0.2, 0) is 4.74 Å². The summed E-state index contributed by atoms with van der Waals surface area (Å²) in [6.45, 7) is 5.10. The largest absolute Gasteiger partial charge is 0.453 e. The number of carbonyl (C=O) groups excluding carboxylic acids is 2. The summed E-state index contributed by atoms with van der Waals surface area (Å²) in [7, 11) is 1.38. The second-order valence-corrected chi connectivity index (χ2v) is 6.66. The Bertz CT molecular complexity index is 575. The Morgan fingerprint density at radius 2 is 1.78 bits per heavy atom. The molecular formula is C16H22BrN3O3. The van der Waals surface area contributed by atoms with Gasteiger partial charge in [-0.25, -0.2) is 9.59 Å². The first kappa shape index (κ1) is 17.6. The summed E-state index contributed by atoms with van der Waals surface area (Å²) < 4.78 is 5.70. The lowest BCUT2D eigenvalue weighted by Gasteiger charge is -2.31. The smallest absolute Gasteiger partial charge is 0.409 e. The number of hydrogen-bond donors (Lipinski definition) is 2. The third kappa shape index (κ3) is 4.60. The fraction of sp³-hybridized carbons (Fsp3) is 0.500. The average Bonchev–Trinajstić information content (AvgIpc) is 2.51. The normalized spacial score (nSPS) is 15.2. The van der Waals surface area contributed by atoms with E-state index in [0.29, 0.717) is 13.1 Å². The van der Waals surface area contributed by atoms with Crippen molar-refractivity contribution in [2.75, 3.05) is 25.5 Å². The number of rotatable bonds is 2. The molecule has 1 aromatic carbocycles. The fourth-order valence-corrected chi connectivity index (χ4v) is 3.47. The maximum absolute atomic E-state index is 12.2. The lowest BCUT2D eigenvalue weighted by atomic mass is 10.1. The molecule has 126 valence electrons. The van der Waals surface area contributed by atoms with Gasteiger partial charge in [-0.15, -0.1) is 0 Å². The summed E-state index contributed by atoms with van der Waals surface area (Å²) in [6.07, 6.45) is 1.13. The van der Waals surface area contributed by atoms with Crippen LogP contribution in [0.5, 0.6) is 0 Å². The summed E-state index contributed by atoms with van der Waals surface area (Å²) in [5.41, 5.74) is 2.85. The van der Waals surface area contributed by atoms with Crippen LogP contribution in [0.25, 0.3) is 0 Å². The molecule has 0 aromatic heterocycles. The molecule has 0 spiro atoms. The molecule has 1 aliphatic rings. The molecule has 1 aliphatic heterocycles. The first-order valence-electron chi connectivity index (χ1n) is 7.58. The van der Waals surface area contributed by atoms with Crippen molar-refractivity contribution in [1.29, 1.82) is 0 Å². The van der Waals surface area contributed by atoms with Crippen molar-refractivity contribution in [3.63, 3.8) is 0 Å². The van der Waals surface area contributed by atoms with Gasteiger partial charge in [0.15, 0.2) is 0 Å². The Morgan fingerprint density at radius 1 is 1.22 bits per heavy atom. The van der Waals surface area contributed by atoms with E-state index in [1.165, 1.54) is 7.11 Å². The number of urea groups is 1. The zero-order valence-electron chi connectivity index (χ0n) is 13.6. The third-order valence-corrected chi connectivity index (χ3v) is 4.46. The van der Waals surface area contributed by atoms with Gasteiger partial charge < -0.3 is 20.3 Å². The summed E-state index contributed by atoms with van der Waals surface area (Å²) in [5.74, 6) is 0. The average molecular weight is 384 g/mol. The minimum absolute atomic E-state index is 0.0620. The van der Waals surface area contributed by atoms with Gasteiger partial charge in [0.05, 0.1) is 7.11 Å². The molecule has 1 saturated heterocycles. The van der Waals surface area contributed by atoms with Gasteiger partial charge in [0.1, 0.15) is 0 Å². The summed E-state index contributed by atoms with van der Waals surface area (Å²) in [5, 5.41) is 5.90. The zero-order valence-corrected chi connectivity index (χ0v) is 15.2. The first-order chi connectivity index (χ1) is 10.9. The van der Waals surface area contributed by atoms with Crippen LogP contribution < -0.4 is 10.6 Å². The number of carbonyl (C=O) groups is 2. The van der Waals surface area contributed by atoms with E-state index in [4.69, 9.17) is 4.74 Å². The predicted molar refractivity (Wildman–Crippen MR) is 92.8 cm³/mol. The van der Waals surface area contributed by atoms with Crippen LogP contribution in [0.15, 0.2) is 16.6 Å². The van der Waals surface area contributed by atoms with E-state index in [9.17, 15) is 9.59 Å². The van der Waals surface area contributed by atoms with Crippen LogP contribution in [0.1, 0.15) is 24.0 Å². The van der Waals surface area contributed by atoms with E-state index in [0.717, 1.165) is 34.1 Å². The van der Waals surface area contributed by atoms with Gasteiger partial charge in [-0.05, 0) is 49.9 Å². The molecule has 0 atom stereocenters. The SMILES string of the molecule is COC(=O)N1CCC(NC(=O)Nc2c(C)cc(Br)cc2C)CC1. The second kappa shape index (κ2) is 7.68. The molecule has 1 aromatic rings. The van der Waals surface area contributed by atoms with Crippen LogP contribution in [0.2, 0.25) is 0 Å². The molecule has 0 radical (unpaired) electrons. The van der Waals surface area contributed by atoms with E-state index in [2.05, 4.69) is 26.6 Å². The quantitative estimate of drug-likeness (QED) is 0.821. The lowest BCUT2D eigenvalue weighted by molar-refractivity contribution is 0.110. The van der Waals surface area contributed by atoms with Crippen molar-refractivity contribution in [2.45, 2.75) is 32.7 Å². The number of nitrogens with one attached hydrogen (secondary N) is 2. The molecule has 2 rings (SSSR count). The molecule has 6 nitrogen and oxygen atoms in total. The maximum Gasteiger partial charge on any atom is 0.409 e. The molecule has 23 heavy (non-hydrogen) atoms. The van der Waals surface area contributed by atoms with Gasteiger partial charge in [-0.1, -0.05) is 15.9 Å². The summed E-state index contributed by atoms with van der Waals surface area (Å²) >= 11 is 3.45. The van der Waals surface area contributed by atoms with Crippen LogP contribution >= 0.6 is 15.9 Å². The predicted octanol–water partition coefficient (Wildman–Crippen LogP) is 3.42. The zero-order chi connectivity index (χ0) is 17.0. The number of aryl methyl sites for hydroxylation is 2. The second-order valence-electron chi connectivity index (χ2n) is 5.74. The van der Waals surface area contributed by atoms with E-state index >= 15 is 0 Å². The molecule has 0 bridgehead atoms. The van der Waals surface area contributed by atoms with Gasteiger partial charge in [-0.2, -0.15) is 0 Å². The Hall–Kier alpha value is -1.76. The van der Waals surface area contributed by atoms with Crippen LogP contribution in [0.4, 0.5) is 15.3 Å². The van der Waals surface area contributed by atoms with Crippen molar-refractivity contribution < 1.29 is 14.3 Å². The maximum atomic E-state index is 12.2. The monoisotopic (exact) mass is 383 g/mol. The highest BCUT2D eigenvalue weighted by Gasteiger charge is 2.24. The Balaban J connectivity index is 1.88.